The van der Waals surface area contributed by atoms with E-state index in [0.29, 0.717) is 12.8 Å². The maximum Gasteiger partial charge on any atom is 0.303 e. The maximum atomic E-state index is 12.3. The van der Waals surface area contributed by atoms with E-state index in [4.69, 9.17) is 14.2 Å². The van der Waals surface area contributed by atoms with Crippen LogP contribution in [0.3, 0.4) is 0 Å². The van der Waals surface area contributed by atoms with E-state index in [1.54, 1.807) is 0 Å². The lowest BCUT2D eigenvalue weighted by Gasteiger charge is -2.75. The third kappa shape index (κ3) is 2.35. The summed E-state index contributed by atoms with van der Waals surface area (Å²) in [5, 5.41) is 23.9. The number of fused-ring (bicyclic) bond motifs is 2. The first kappa shape index (κ1) is 21.4. The fourth-order valence-corrected chi connectivity index (χ4v) is 8.67. The molecule has 0 aromatic rings. The van der Waals surface area contributed by atoms with Gasteiger partial charge in [-0.2, -0.15) is 0 Å². The Bertz CT molecular complexity index is 851. The number of carbonyl (C=O) groups excluding carboxylic acids is 2. The summed E-state index contributed by atoms with van der Waals surface area (Å²) in [6.45, 7) is 11.4. The van der Waals surface area contributed by atoms with Crippen molar-refractivity contribution in [1.29, 1.82) is 0 Å². The molecule has 6 fully saturated rings. The minimum atomic E-state index is -1.82. The topological polar surface area (TPSA) is 102 Å². The average Bonchev–Trinajstić information content (AvgIpc) is 2.87. The molecular formula is C24H34O7. The number of esters is 2. The maximum absolute atomic E-state index is 12.3. The largest absolute Gasteiger partial charge is 0.457 e. The zero-order valence-corrected chi connectivity index (χ0v) is 18.8. The van der Waals surface area contributed by atoms with Crippen molar-refractivity contribution in [2.24, 2.45) is 34.0 Å². The molecule has 0 amide bonds. The van der Waals surface area contributed by atoms with Crippen LogP contribution in [0, 0.1) is 34.0 Å². The van der Waals surface area contributed by atoms with Gasteiger partial charge in [-0.25, -0.2) is 0 Å². The van der Waals surface area contributed by atoms with Crippen molar-refractivity contribution < 1.29 is 34.0 Å². The Morgan fingerprint density at radius 3 is 2.45 bits per heavy atom. The third-order valence-corrected chi connectivity index (χ3v) is 9.57. The first-order chi connectivity index (χ1) is 14.4. The van der Waals surface area contributed by atoms with E-state index in [9.17, 15) is 19.8 Å². The molecule has 6 aliphatic rings. The zero-order valence-electron chi connectivity index (χ0n) is 18.8. The predicted molar refractivity (Wildman–Crippen MR) is 109 cm³/mol. The number of carbonyl (C=O) groups is 2. The molecule has 7 nitrogen and oxygen atoms in total. The minimum absolute atomic E-state index is 0.0918. The fourth-order valence-electron chi connectivity index (χ4n) is 8.67. The van der Waals surface area contributed by atoms with Crippen LogP contribution in [0.25, 0.3) is 0 Å². The van der Waals surface area contributed by atoms with Gasteiger partial charge in [0.05, 0.1) is 18.1 Å². The molecule has 2 N–H and O–H groups in total. The van der Waals surface area contributed by atoms with Gasteiger partial charge in [0.15, 0.2) is 6.10 Å². The van der Waals surface area contributed by atoms with Crippen molar-refractivity contribution in [1.82, 2.24) is 0 Å². The smallest absolute Gasteiger partial charge is 0.303 e. The van der Waals surface area contributed by atoms with Gasteiger partial charge in [-0.1, -0.05) is 20.4 Å². The van der Waals surface area contributed by atoms with Gasteiger partial charge >= 0.3 is 11.9 Å². The van der Waals surface area contributed by atoms with Crippen LogP contribution in [0.2, 0.25) is 0 Å². The Hall–Kier alpha value is -1.44. The first-order valence-corrected chi connectivity index (χ1v) is 11.5. The van der Waals surface area contributed by atoms with E-state index in [0.717, 1.165) is 24.8 Å². The van der Waals surface area contributed by atoms with Crippen LogP contribution in [0.1, 0.15) is 59.8 Å². The number of aliphatic hydroxyl groups excluding tert-OH is 1. The second kappa shape index (κ2) is 6.33. The van der Waals surface area contributed by atoms with Gasteiger partial charge in [-0.15, -0.1) is 0 Å². The van der Waals surface area contributed by atoms with E-state index in [1.165, 1.54) is 13.8 Å². The van der Waals surface area contributed by atoms with Crippen LogP contribution < -0.4 is 0 Å². The predicted octanol–water partition coefficient (Wildman–Crippen LogP) is 2.34. The SMILES string of the molecule is C=C1[C@@H]2CC[C@H]3[C@@]45CO[C@](O)([C@@H](OC(C)=O)[C@@H]4C(C)(C)CC[C@@H]5O)[C@]3(C2)[C@@H]1OC(C)=O. The molecule has 2 aliphatic heterocycles. The Morgan fingerprint density at radius 1 is 1.13 bits per heavy atom. The van der Waals surface area contributed by atoms with Gasteiger partial charge in [-0.3, -0.25) is 9.59 Å². The Kier molecular flexibility index (Phi) is 4.37. The summed E-state index contributed by atoms with van der Waals surface area (Å²) in [6, 6.07) is 0. The lowest BCUT2D eigenvalue weighted by Crippen LogP contribution is -2.84. The molecule has 31 heavy (non-hydrogen) atoms. The molecule has 2 spiro atoms. The van der Waals surface area contributed by atoms with Crippen molar-refractivity contribution in [3.8, 4) is 0 Å². The van der Waals surface area contributed by atoms with Crippen molar-refractivity contribution in [2.75, 3.05) is 6.61 Å². The highest BCUT2D eigenvalue weighted by Gasteiger charge is 2.85. The fraction of sp³-hybridized carbons (Fsp3) is 0.833. The molecule has 7 heteroatoms. The standard InChI is InChI=1S/C24H34O7/c1-12-15-6-7-16-22-11-29-24(28,23(16,10-15)19(12)30-13(2)25)20(31-14(3)26)18(22)21(4,5)9-8-17(22)27/h15-20,27-28H,1,6-11H2,2-5H3/t15-,16+,17+,18-,19-,20+,22-,23+,24-/m1/s1. The van der Waals surface area contributed by atoms with Crippen LogP contribution in [0.15, 0.2) is 12.2 Å². The van der Waals surface area contributed by atoms with Crippen molar-refractivity contribution in [2.45, 2.75) is 83.9 Å². The second-order valence-corrected chi connectivity index (χ2v) is 11.3. The number of hydrogen-bond acceptors (Lipinski definition) is 7. The summed E-state index contributed by atoms with van der Waals surface area (Å²) >= 11 is 0. The van der Waals surface area contributed by atoms with Gasteiger partial charge in [0.1, 0.15) is 6.10 Å². The molecule has 2 saturated heterocycles. The van der Waals surface area contributed by atoms with Gasteiger partial charge in [0.2, 0.25) is 5.79 Å². The number of hydrogen-bond donors (Lipinski definition) is 2. The summed E-state index contributed by atoms with van der Waals surface area (Å²) in [5.41, 5.74) is -1.17. The molecule has 172 valence electrons. The van der Waals surface area contributed by atoms with E-state index >= 15 is 0 Å². The van der Waals surface area contributed by atoms with Gasteiger partial charge in [-0.05, 0) is 54.9 Å². The summed E-state index contributed by atoms with van der Waals surface area (Å²) in [6.07, 6.45) is 1.24. The molecule has 4 bridgehead atoms. The van der Waals surface area contributed by atoms with Crippen molar-refractivity contribution in [3.05, 3.63) is 12.2 Å². The van der Waals surface area contributed by atoms with E-state index in [1.807, 2.05) is 0 Å². The molecular weight excluding hydrogens is 400 g/mol. The highest BCUT2D eigenvalue weighted by atomic mass is 16.7. The van der Waals surface area contributed by atoms with Crippen molar-refractivity contribution in [3.63, 3.8) is 0 Å². The quantitative estimate of drug-likeness (QED) is 0.508. The Balaban J connectivity index is 1.77. The summed E-state index contributed by atoms with van der Waals surface area (Å²) < 4.78 is 17.9. The Morgan fingerprint density at radius 2 is 1.81 bits per heavy atom. The lowest BCUT2D eigenvalue weighted by atomic mass is 9.36. The molecule has 0 aromatic heterocycles. The van der Waals surface area contributed by atoms with Gasteiger partial charge in [0.25, 0.3) is 0 Å². The average molecular weight is 435 g/mol. The number of ether oxygens (including phenoxy) is 3. The van der Waals surface area contributed by atoms with Crippen LogP contribution in [-0.2, 0) is 23.8 Å². The first-order valence-electron chi connectivity index (χ1n) is 11.5. The lowest BCUT2D eigenvalue weighted by molar-refractivity contribution is -0.465. The molecule has 6 rings (SSSR count). The summed E-state index contributed by atoms with van der Waals surface area (Å²) in [7, 11) is 0. The molecule has 0 radical (unpaired) electrons. The van der Waals surface area contributed by atoms with E-state index in [-0.39, 0.29) is 29.8 Å². The van der Waals surface area contributed by atoms with Crippen LogP contribution in [0.4, 0.5) is 0 Å². The minimum Gasteiger partial charge on any atom is -0.457 e. The monoisotopic (exact) mass is 434 g/mol. The Labute approximate surface area is 183 Å². The van der Waals surface area contributed by atoms with Crippen LogP contribution >= 0.6 is 0 Å². The molecule has 9 atom stereocenters. The van der Waals surface area contributed by atoms with E-state index < -0.39 is 46.9 Å². The number of rotatable bonds is 2. The zero-order chi connectivity index (χ0) is 22.6. The van der Waals surface area contributed by atoms with Crippen LogP contribution in [-0.4, -0.2) is 52.9 Å². The van der Waals surface area contributed by atoms with Crippen LogP contribution in [0.5, 0.6) is 0 Å². The highest BCUT2D eigenvalue weighted by Crippen LogP contribution is 2.78. The van der Waals surface area contributed by atoms with Crippen molar-refractivity contribution >= 4 is 11.9 Å². The van der Waals surface area contributed by atoms with Gasteiger partial charge in [0, 0.05) is 25.2 Å². The molecule has 2 heterocycles. The summed E-state index contributed by atoms with van der Waals surface area (Å²) in [4.78, 5) is 24.3. The van der Waals surface area contributed by atoms with Gasteiger partial charge < -0.3 is 24.4 Å². The number of aliphatic hydroxyl groups is 2. The van der Waals surface area contributed by atoms with E-state index in [2.05, 4.69) is 20.4 Å². The molecule has 0 unspecified atom stereocenters. The third-order valence-electron chi connectivity index (χ3n) is 9.57. The highest BCUT2D eigenvalue weighted by molar-refractivity contribution is 5.67. The second-order valence-electron chi connectivity index (χ2n) is 11.3. The molecule has 4 saturated carbocycles. The normalized spacial score (nSPS) is 51.6. The summed E-state index contributed by atoms with van der Waals surface area (Å²) in [5.74, 6) is -3.08. The molecule has 0 aromatic carbocycles. The molecule has 4 aliphatic carbocycles.